The zero-order valence-corrected chi connectivity index (χ0v) is 18.7. The maximum absolute atomic E-state index is 17.1. The van der Waals surface area contributed by atoms with Crippen LogP contribution in [-0.2, 0) is 19.1 Å². The molecule has 4 aliphatic carbocycles. The van der Waals surface area contributed by atoms with Gasteiger partial charge in [0.1, 0.15) is 12.8 Å². The molecule has 0 radical (unpaired) electrons. The summed E-state index contributed by atoms with van der Waals surface area (Å²) in [4.78, 5) is 25.1. The zero-order chi connectivity index (χ0) is 23.5. The quantitative estimate of drug-likeness (QED) is 0.621. The van der Waals surface area contributed by atoms with Crippen LogP contribution in [0.25, 0.3) is 0 Å². The minimum Gasteiger partial charge on any atom is -0.390 e. The first-order valence-corrected chi connectivity index (χ1v) is 11.3. The fourth-order valence-corrected chi connectivity index (χ4v) is 7.92. The number of fused-ring (bicyclic) bond motifs is 7. The van der Waals surface area contributed by atoms with Gasteiger partial charge in [-0.2, -0.15) is 0 Å². The summed E-state index contributed by atoms with van der Waals surface area (Å²) >= 11 is 0. The predicted molar refractivity (Wildman–Crippen MR) is 109 cm³/mol. The molecule has 1 heterocycles. The third kappa shape index (κ3) is 2.32. The summed E-state index contributed by atoms with van der Waals surface area (Å²) < 4.78 is 44.8. The normalized spacial score (nSPS) is 53.2. The molecule has 1 unspecified atom stereocenters. The van der Waals surface area contributed by atoms with Crippen LogP contribution in [0, 0.1) is 22.7 Å². The van der Waals surface area contributed by atoms with E-state index in [9.17, 15) is 19.8 Å². The van der Waals surface area contributed by atoms with Gasteiger partial charge in [-0.15, -0.1) is 0 Å². The molecule has 2 N–H and O–H groups in total. The van der Waals surface area contributed by atoms with Gasteiger partial charge in [0.25, 0.3) is 0 Å². The molecule has 1 aliphatic heterocycles. The van der Waals surface area contributed by atoms with E-state index in [4.69, 9.17) is 9.47 Å². The van der Waals surface area contributed by atoms with Crippen molar-refractivity contribution in [1.82, 2.24) is 0 Å². The van der Waals surface area contributed by atoms with Crippen molar-refractivity contribution in [2.75, 3.05) is 6.61 Å². The lowest BCUT2D eigenvalue weighted by Crippen LogP contribution is -2.71. The van der Waals surface area contributed by atoms with Gasteiger partial charge in [0.2, 0.25) is 0 Å². The predicted octanol–water partition coefficient (Wildman–Crippen LogP) is 2.37. The van der Waals surface area contributed by atoms with Crippen molar-refractivity contribution < 1.29 is 38.1 Å². The number of ether oxygens (including phenoxy) is 2. The number of aliphatic hydroxyl groups is 2. The molecule has 0 bridgehead atoms. The minimum absolute atomic E-state index is 0.0550. The van der Waals surface area contributed by atoms with E-state index in [-0.39, 0.29) is 24.8 Å². The molecule has 9 atom stereocenters. The molecule has 3 saturated carbocycles. The Bertz CT molecular complexity index is 960. The van der Waals surface area contributed by atoms with Gasteiger partial charge >= 0.3 is 0 Å². The molecule has 0 spiro atoms. The van der Waals surface area contributed by atoms with Crippen LogP contribution < -0.4 is 0 Å². The number of carbonyl (C=O) groups is 2. The number of halogens is 2. The highest BCUT2D eigenvalue weighted by Crippen LogP contribution is 2.72. The lowest BCUT2D eigenvalue weighted by Gasteiger charge is -2.63. The summed E-state index contributed by atoms with van der Waals surface area (Å²) in [5, 5.41) is 21.1. The van der Waals surface area contributed by atoms with E-state index in [1.807, 2.05) is 0 Å². The molecule has 176 valence electrons. The standard InChI is InChI=1S/C24H30F2O6/c1-20(2)31-19-9-13-14-8-16(25)15-7-12(28)5-6-21(15,3)23(14,26)17(29)10-22(13,4)24(19,32-20)18(30)11-27/h5-7,13-14,16-17,19,27,29H,8-11H2,1-4H3/t13-,14-,16-,17-,19?,21-,22-,23-,24+/m1/s1/i1+1,2+1,20+1. The van der Waals surface area contributed by atoms with E-state index in [1.54, 1.807) is 20.8 Å². The fourth-order valence-electron chi connectivity index (χ4n) is 7.92. The van der Waals surface area contributed by atoms with Crippen LogP contribution in [0.15, 0.2) is 23.8 Å². The molecule has 0 aromatic heterocycles. The number of ketones is 2. The summed E-state index contributed by atoms with van der Waals surface area (Å²) in [5.74, 6) is -3.53. The zero-order valence-electron chi connectivity index (χ0n) is 18.7. The molecular formula is C24H30F2O6. The highest BCUT2D eigenvalue weighted by atomic mass is 19.1. The SMILES string of the molecule is C[C@@]12C=CC(=O)C=C1[C@H](F)C[C@@H]1[C@H]3CC4O[13C]([13CH3])([13CH3])O[C@]4(C(=O)CO)[C@]3(C)C[C@@H](O)[C@]12F. The number of aliphatic hydroxyl groups excluding tert-OH is 2. The van der Waals surface area contributed by atoms with Crippen molar-refractivity contribution in [2.45, 2.75) is 82.4 Å². The van der Waals surface area contributed by atoms with Crippen LogP contribution in [0.5, 0.6) is 0 Å². The topological polar surface area (TPSA) is 93.1 Å². The third-order valence-corrected chi connectivity index (χ3v) is 9.18. The highest BCUT2D eigenvalue weighted by Gasteiger charge is 2.80. The summed E-state index contributed by atoms with van der Waals surface area (Å²) in [6.45, 7) is 5.87. The number of alkyl halides is 2. The molecule has 0 aromatic rings. The smallest absolute Gasteiger partial charge is 0.193 e. The second kappa shape index (κ2) is 6.34. The van der Waals surface area contributed by atoms with Crippen LogP contribution in [0.3, 0.4) is 0 Å². The summed E-state index contributed by atoms with van der Waals surface area (Å²) in [5.41, 5.74) is -6.30. The Balaban J connectivity index is 1.66. The third-order valence-electron chi connectivity index (χ3n) is 9.18. The van der Waals surface area contributed by atoms with Gasteiger partial charge in [-0.05, 0) is 63.7 Å². The first-order chi connectivity index (χ1) is 14.8. The number of hydrogen-bond acceptors (Lipinski definition) is 6. The molecule has 5 rings (SSSR count). The summed E-state index contributed by atoms with van der Waals surface area (Å²) in [6, 6.07) is 0. The van der Waals surface area contributed by atoms with Crippen molar-refractivity contribution in [1.29, 1.82) is 0 Å². The second-order valence-corrected chi connectivity index (χ2v) is 11.0. The van der Waals surface area contributed by atoms with E-state index in [0.29, 0.717) is 0 Å². The van der Waals surface area contributed by atoms with Gasteiger partial charge in [-0.1, -0.05) is 13.0 Å². The lowest BCUT2D eigenvalue weighted by molar-refractivity contribution is -0.248. The number of rotatable bonds is 2. The minimum atomic E-state index is -2.24. The molecule has 0 amide bonds. The molecule has 1 saturated heterocycles. The van der Waals surface area contributed by atoms with Crippen LogP contribution >= 0.6 is 0 Å². The molecule has 5 aliphatic rings. The van der Waals surface area contributed by atoms with Gasteiger partial charge in [-0.25, -0.2) is 8.78 Å². The Kier molecular flexibility index (Phi) is 4.42. The molecule has 8 heteroatoms. The maximum atomic E-state index is 17.1. The Morgan fingerprint density at radius 3 is 2.56 bits per heavy atom. The molecule has 32 heavy (non-hydrogen) atoms. The van der Waals surface area contributed by atoms with Gasteiger partial charge in [0.05, 0.1) is 12.2 Å². The number of hydrogen-bond donors (Lipinski definition) is 2. The van der Waals surface area contributed by atoms with Crippen LogP contribution in [0.2, 0.25) is 0 Å². The molecule has 4 fully saturated rings. The Morgan fingerprint density at radius 2 is 1.91 bits per heavy atom. The van der Waals surface area contributed by atoms with Gasteiger partial charge in [0, 0.05) is 16.7 Å². The van der Waals surface area contributed by atoms with Crippen LogP contribution in [0.1, 0.15) is 47.0 Å². The average Bonchev–Trinajstić information content (AvgIpc) is 3.11. The summed E-state index contributed by atoms with van der Waals surface area (Å²) in [6.07, 6.45) is -0.151. The molecular weight excluding hydrogens is 425 g/mol. The summed E-state index contributed by atoms with van der Waals surface area (Å²) in [7, 11) is 0. The number of carbonyl (C=O) groups excluding carboxylic acids is 2. The van der Waals surface area contributed by atoms with Gasteiger partial charge in [-0.3, -0.25) is 9.59 Å². The average molecular weight is 455 g/mol. The van der Waals surface area contributed by atoms with E-state index in [0.717, 1.165) is 6.08 Å². The van der Waals surface area contributed by atoms with Gasteiger partial charge < -0.3 is 19.7 Å². The van der Waals surface area contributed by atoms with Crippen molar-refractivity contribution >= 4 is 11.6 Å². The van der Waals surface area contributed by atoms with E-state index >= 15 is 8.78 Å². The van der Waals surface area contributed by atoms with E-state index < -0.39 is 76.3 Å². The first kappa shape index (κ1) is 22.3. The second-order valence-electron chi connectivity index (χ2n) is 11.0. The maximum Gasteiger partial charge on any atom is 0.193 e. The lowest BCUT2D eigenvalue weighted by atomic mass is 9.44. The van der Waals surface area contributed by atoms with Crippen molar-refractivity contribution in [3.05, 3.63) is 23.8 Å². The number of allylic oxidation sites excluding steroid dienone is 4. The van der Waals surface area contributed by atoms with Crippen molar-refractivity contribution in [3.8, 4) is 0 Å². The Hall–Kier alpha value is -1.48. The van der Waals surface area contributed by atoms with Crippen LogP contribution in [-0.4, -0.2) is 63.8 Å². The molecule has 0 aromatic carbocycles. The largest absolute Gasteiger partial charge is 0.390 e. The molecule has 6 nitrogen and oxygen atoms in total. The highest BCUT2D eigenvalue weighted by molar-refractivity contribution is 6.01. The first-order valence-electron chi connectivity index (χ1n) is 11.3. The Morgan fingerprint density at radius 1 is 1.22 bits per heavy atom. The van der Waals surface area contributed by atoms with Gasteiger partial charge in [0.15, 0.2) is 28.6 Å². The number of Topliss-reactive ketones (excluding diaryl/α,β-unsaturated/α-hetero) is 1. The van der Waals surface area contributed by atoms with E-state index in [2.05, 4.69) is 0 Å². The Labute approximate surface area is 185 Å². The van der Waals surface area contributed by atoms with Crippen LogP contribution in [0.4, 0.5) is 8.78 Å². The fraction of sp³-hybridized carbons (Fsp3) is 0.750. The van der Waals surface area contributed by atoms with E-state index in [1.165, 1.54) is 19.1 Å². The van der Waals surface area contributed by atoms with Crippen molar-refractivity contribution in [2.24, 2.45) is 22.7 Å². The monoisotopic (exact) mass is 455 g/mol. The van der Waals surface area contributed by atoms with Crippen molar-refractivity contribution in [3.63, 3.8) is 0 Å².